The highest BCUT2D eigenvalue weighted by molar-refractivity contribution is 5.79. The van der Waals surface area contributed by atoms with Crippen molar-refractivity contribution in [2.24, 2.45) is 5.92 Å². The fourth-order valence-electron chi connectivity index (χ4n) is 1.48. The monoisotopic (exact) mass is 253 g/mol. The molecule has 1 unspecified atom stereocenters. The van der Waals surface area contributed by atoms with Crippen LogP contribution in [0.1, 0.15) is 13.8 Å². The maximum atomic E-state index is 11.6. The number of nitrogens with zero attached hydrogens (tertiary/aromatic N) is 1. The zero-order chi connectivity index (χ0) is 13.7. The Kier molecular flexibility index (Phi) is 4.76. The van der Waals surface area contributed by atoms with Crippen LogP contribution < -0.4 is 15.8 Å². The molecular weight excluding hydrogens is 234 g/mol. The van der Waals surface area contributed by atoms with Crippen molar-refractivity contribution in [3.05, 3.63) is 12.1 Å². The molecule has 0 radical (unpaired) electrons. The first-order valence-electron chi connectivity index (χ1n) is 5.64. The highest BCUT2D eigenvalue weighted by Gasteiger charge is 2.23. The van der Waals surface area contributed by atoms with Gasteiger partial charge < -0.3 is 20.5 Å². The van der Waals surface area contributed by atoms with Crippen molar-refractivity contribution in [3.63, 3.8) is 0 Å². The van der Waals surface area contributed by atoms with E-state index in [1.807, 2.05) is 13.8 Å². The van der Waals surface area contributed by atoms with E-state index >= 15 is 0 Å². The standard InChI is InChI=1S/C12H19N3O3/c1-7(2)10(12(16)18-4)14-9-6-5-8(13)11(15-9)17-3/h5-7,10H,13H2,1-4H3,(H,14,15). The first-order valence-corrected chi connectivity index (χ1v) is 5.64. The smallest absolute Gasteiger partial charge is 0.328 e. The molecule has 6 heteroatoms. The Hall–Kier alpha value is -1.98. The van der Waals surface area contributed by atoms with Crippen molar-refractivity contribution >= 4 is 17.5 Å². The van der Waals surface area contributed by atoms with Gasteiger partial charge in [-0.2, -0.15) is 4.98 Å². The zero-order valence-electron chi connectivity index (χ0n) is 11.1. The molecule has 1 aromatic rings. The minimum Gasteiger partial charge on any atom is -0.479 e. The van der Waals surface area contributed by atoms with Crippen LogP contribution in [0.4, 0.5) is 11.5 Å². The summed E-state index contributed by atoms with van der Waals surface area (Å²) in [4.78, 5) is 15.8. The molecule has 3 N–H and O–H groups in total. The summed E-state index contributed by atoms with van der Waals surface area (Å²) in [5.41, 5.74) is 6.12. The molecule has 0 aliphatic heterocycles. The van der Waals surface area contributed by atoms with E-state index in [2.05, 4.69) is 10.3 Å². The predicted octanol–water partition coefficient (Wildman–Crippen LogP) is 1.28. The van der Waals surface area contributed by atoms with Gasteiger partial charge in [-0.25, -0.2) is 4.79 Å². The quantitative estimate of drug-likeness (QED) is 0.769. The highest BCUT2D eigenvalue weighted by Crippen LogP contribution is 2.21. The van der Waals surface area contributed by atoms with Crippen LogP contribution in [0.25, 0.3) is 0 Å². The van der Waals surface area contributed by atoms with E-state index < -0.39 is 6.04 Å². The summed E-state index contributed by atoms with van der Waals surface area (Å²) >= 11 is 0. The van der Waals surface area contributed by atoms with Gasteiger partial charge in [-0.15, -0.1) is 0 Å². The highest BCUT2D eigenvalue weighted by atomic mass is 16.5. The maximum Gasteiger partial charge on any atom is 0.328 e. The third kappa shape index (κ3) is 3.26. The van der Waals surface area contributed by atoms with E-state index in [1.54, 1.807) is 12.1 Å². The number of hydrogen-bond acceptors (Lipinski definition) is 6. The first-order chi connectivity index (χ1) is 8.49. The molecule has 1 rings (SSSR count). The first kappa shape index (κ1) is 14.1. The lowest BCUT2D eigenvalue weighted by Gasteiger charge is -2.20. The average molecular weight is 253 g/mol. The molecule has 100 valence electrons. The number of aromatic nitrogens is 1. The van der Waals surface area contributed by atoms with Crippen LogP contribution >= 0.6 is 0 Å². The van der Waals surface area contributed by atoms with Crippen LogP contribution in [0, 0.1) is 5.92 Å². The molecule has 6 nitrogen and oxygen atoms in total. The van der Waals surface area contributed by atoms with Gasteiger partial charge in [0.2, 0.25) is 5.88 Å². The fourth-order valence-corrected chi connectivity index (χ4v) is 1.48. The third-order valence-electron chi connectivity index (χ3n) is 2.51. The maximum absolute atomic E-state index is 11.6. The number of rotatable bonds is 5. The van der Waals surface area contributed by atoms with Gasteiger partial charge in [0, 0.05) is 0 Å². The zero-order valence-corrected chi connectivity index (χ0v) is 11.1. The minimum atomic E-state index is -0.462. The summed E-state index contributed by atoms with van der Waals surface area (Å²) in [6.07, 6.45) is 0. The summed E-state index contributed by atoms with van der Waals surface area (Å²) in [5, 5.41) is 3.01. The molecule has 1 heterocycles. The second kappa shape index (κ2) is 6.09. The molecular formula is C12H19N3O3. The molecule has 0 aliphatic rings. The number of carbonyl (C=O) groups excluding carboxylic acids is 1. The van der Waals surface area contributed by atoms with Gasteiger partial charge in [0.05, 0.1) is 19.9 Å². The molecule has 0 fully saturated rings. The SMILES string of the molecule is COC(=O)C(Nc1ccc(N)c(OC)n1)C(C)C. The molecule has 0 bridgehead atoms. The molecule has 1 aromatic heterocycles. The lowest BCUT2D eigenvalue weighted by molar-refractivity contribution is -0.142. The van der Waals surface area contributed by atoms with Crippen molar-refractivity contribution in [1.29, 1.82) is 0 Å². The number of hydrogen-bond donors (Lipinski definition) is 2. The Bertz CT molecular complexity index is 421. The normalized spacial score (nSPS) is 12.1. The second-order valence-corrected chi connectivity index (χ2v) is 4.18. The number of esters is 1. The molecule has 0 saturated heterocycles. The van der Waals surface area contributed by atoms with Crippen molar-refractivity contribution in [1.82, 2.24) is 4.98 Å². The average Bonchev–Trinajstić information content (AvgIpc) is 2.36. The van der Waals surface area contributed by atoms with Gasteiger partial charge in [0.15, 0.2) is 0 Å². The molecule has 0 spiro atoms. The van der Waals surface area contributed by atoms with E-state index in [9.17, 15) is 4.79 Å². The Morgan fingerprint density at radius 2 is 2.06 bits per heavy atom. The molecule has 0 amide bonds. The Balaban J connectivity index is 2.90. The van der Waals surface area contributed by atoms with Gasteiger partial charge in [-0.1, -0.05) is 13.8 Å². The van der Waals surface area contributed by atoms with Gasteiger partial charge in [0.25, 0.3) is 0 Å². The number of nitrogens with two attached hydrogens (primary N) is 1. The largest absolute Gasteiger partial charge is 0.479 e. The van der Waals surface area contributed by atoms with Crippen molar-refractivity contribution < 1.29 is 14.3 Å². The van der Waals surface area contributed by atoms with E-state index in [4.69, 9.17) is 15.2 Å². The number of ether oxygens (including phenoxy) is 2. The van der Waals surface area contributed by atoms with E-state index in [0.717, 1.165) is 0 Å². The Morgan fingerprint density at radius 3 is 2.56 bits per heavy atom. The number of anilines is 2. The summed E-state index contributed by atoms with van der Waals surface area (Å²) in [6.45, 7) is 3.84. The second-order valence-electron chi connectivity index (χ2n) is 4.18. The van der Waals surface area contributed by atoms with Crippen LogP contribution in [0.15, 0.2) is 12.1 Å². The van der Waals surface area contributed by atoms with Crippen molar-refractivity contribution in [2.75, 3.05) is 25.3 Å². The summed E-state index contributed by atoms with van der Waals surface area (Å²) in [7, 11) is 2.85. The van der Waals surface area contributed by atoms with Gasteiger partial charge in [0.1, 0.15) is 11.9 Å². The Morgan fingerprint density at radius 1 is 1.39 bits per heavy atom. The lowest BCUT2D eigenvalue weighted by atomic mass is 10.0. The molecule has 0 saturated carbocycles. The van der Waals surface area contributed by atoms with Crippen molar-refractivity contribution in [3.8, 4) is 5.88 Å². The summed E-state index contributed by atoms with van der Waals surface area (Å²) in [6, 6.07) is 2.90. The van der Waals surface area contributed by atoms with Crippen LogP contribution in [-0.4, -0.2) is 31.2 Å². The van der Waals surface area contributed by atoms with E-state index in [0.29, 0.717) is 17.4 Å². The predicted molar refractivity (Wildman–Crippen MR) is 69.5 cm³/mol. The Labute approximate surface area is 106 Å². The molecule has 0 aliphatic carbocycles. The number of pyridine rings is 1. The van der Waals surface area contributed by atoms with Crippen molar-refractivity contribution in [2.45, 2.75) is 19.9 Å². The van der Waals surface area contributed by atoms with Crippen LogP contribution in [0.5, 0.6) is 5.88 Å². The van der Waals surface area contributed by atoms with Crippen LogP contribution in [0.3, 0.4) is 0 Å². The van der Waals surface area contributed by atoms with Gasteiger partial charge >= 0.3 is 5.97 Å². The van der Waals surface area contributed by atoms with Crippen LogP contribution in [-0.2, 0) is 9.53 Å². The summed E-state index contributed by atoms with van der Waals surface area (Å²) < 4.78 is 9.76. The number of carbonyl (C=O) groups is 1. The van der Waals surface area contributed by atoms with Crippen LogP contribution in [0.2, 0.25) is 0 Å². The summed E-state index contributed by atoms with van der Waals surface area (Å²) in [5.74, 6) is 0.586. The topological polar surface area (TPSA) is 86.5 Å². The number of methoxy groups -OCH3 is 2. The molecule has 1 atom stereocenters. The van der Waals surface area contributed by atoms with Gasteiger partial charge in [-0.3, -0.25) is 0 Å². The van der Waals surface area contributed by atoms with Gasteiger partial charge in [-0.05, 0) is 18.1 Å². The van der Waals surface area contributed by atoms with E-state index in [-0.39, 0.29) is 11.9 Å². The number of nitrogen functional groups attached to an aromatic ring is 1. The van der Waals surface area contributed by atoms with E-state index in [1.165, 1.54) is 14.2 Å². The minimum absolute atomic E-state index is 0.0720. The molecule has 0 aromatic carbocycles. The number of nitrogens with one attached hydrogen (secondary N) is 1. The lowest BCUT2D eigenvalue weighted by Crippen LogP contribution is -2.35. The third-order valence-corrected chi connectivity index (χ3v) is 2.51. The fraction of sp³-hybridized carbons (Fsp3) is 0.500. The molecule has 18 heavy (non-hydrogen) atoms.